The van der Waals surface area contributed by atoms with E-state index in [1.807, 2.05) is 0 Å². The Bertz CT molecular complexity index is 359. The van der Waals surface area contributed by atoms with Gasteiger partial charge in [-0.1, -0.05) is 0 Å². The van der Waals surface area contributed by atoms with Gasteiger partial charge in [0.05, 0.1) is 6.61 Å². The van der Waals surface area contributed by atoms with Crippen molar-refractivity contribution in [1.29, 1.82) is 0 Å². The maximum atomic E-state index is 12.6. The van der Waals surface area contributed by atoms with Crippen molar-refractivity contribution in [2.24, 2.45) is 0 Å². The van der Waals surface area contributed by atoms with Crippen molar-refractivity contribution in [3.05, 3.63) is 0 Å². The molecule has 0 aliphatic carbocycles. The Labute approximate surface area is 89.0 Å². The third-order valence-corrected chi connectivity index (χ3v) is 2.47. The lowest BCUT2D eigenvalue weighted by molar-refractivity contribution is -0.164. The van der Waals surface area contributed by atoms with Gasteiger partial charge in [-0.05, 0) is 0 Å². The molecule has 0 saturated carbocycles. The van der Waals surface area contributed by atoms with E-state index >= 15 is 0 Å². The monoisotopic (exact) mass is 262 g/mol. The van der Waals surface area contributed by atoms with Crippen LogP contribution in [0.4, 0.5) is 8.78 Å². The van der Waals surface area contributed by atoms with E-state index < -0.39 is 34.1 Å². The van der Waals surface area contributed by atoms with Gasteiger partial charge in [0.1, 0.15) is 19.5 Å². The topological polar surface area (TPSA) is 99.1 Å². The lowest BCUT2D eigenvalue weighted by atomic mass is 10.4. The van der Waals surface area contributed by atoms with Gasteiger partial charge >= 0.3 is 21.3 Å². The highest BCUT2D eigenvalue weighted by Crippen LogP contribution is 2.22. The van der Waals surface area contributed by atoms with Gasteiger partial charge in [-0.15, -0.1) is 0 Å². The van der Waals surface area contributed by atoms with Crippen molar-refractivity contribution in [2.45, 2.75) is 11.4 Å². The predicted octanol–water partition coefficient (Wildman–Crippen LogP) is -0.617. The van der Waals surface area contributed by atoms with Crippen LogP contribution in [0, 0.1) is 0 Å². The molecule has 0 bridgehead atoms. The Morgan fingerprint density at radius 1 is 1.56 bits per heavy atom. The molecule has 1 heterocycles. The van der Waals surface area contributed by atoms with E-state index in [1.54, 1.807) is 0 Å². The summed E-state index contributed by atoms with van der Waals surface area (Å²) in [7, 11) is -5.83. The van der Waals surface area contributed by atoms with Crippen molar-refractivity contribution in [3.8, 4) is 0 Å². The molecule has 1 rings (SSSR count). The SMILES string of the molecule is O=C(OCC1COCO1)C(F)(F)S(=O)(=O)O. The Kier molecular flexibility index (Phi) is 3.78. The summed E-state index contributed by atoms with van der Waals surface area (Å²) in [6, 6.07) is 0. The number of carbonyl (C=O) groups is 1. The average Bonchev–Trinajstić information content (AvgIpc) is 2.64. The first-order chi connectivity index (χ1) is 7.25. The highest BCUT2D eigenvalue weighted by molar-refractivity contribution is 7.87. The highest BCUT2D eigenvalue weighted by Gasteiger charge is 2.54. The Morgan fingerprint density at radius 3 is 2.62 bits per heavy atom. The minimum absolute atomic E-state index is 0.0464. The molecule has 0 radical (unpaired) electrons. The first kappa shape index (κ1) is 13.2. The first-order valence-corrected chi connectivity index (χ1v) is 5.40. The van der Waals surface area contributed by atoms with Crippen LogP contribution in [0.1, 0.15) is 0 Å². The van der Waals surface area contributed by atoms with E-state index in [2.05, 4.69) is 9.47 Å². The van der Waals surface area contributed by atoms with Crippen LogP contribution in [0.3, 0.4) is 0 Å². The fourth-order valence-electron chi connectivity index (χ4n) is 0.826. The molecule has 1 N–H and O–H groups in total. The zero-order valence-corrected chi connectivity index (χ0v) is 8.58. The summed E-state index contributed by atoms with van der Waals surface area (Å²) in [4.78, 5) is 10.7. The number of alkyl halides is 2. The van der Waals surface area contributed by atoms with Crippen LogP contribution < -0.4 is 0 Å². The van der Waals surface area contributed by atoms with Crippen molar-refractivity contribution >= 4 is 16.1 Å². The molecule has 1 fully saturated rings. The Morgan fingerprint density at radius 2 is 2.19 bits per heavy atom. The molecule has 1 saturated heterocycles. The minimum atomic E-state index is -5.83. The maximum absolute atomic E-state index is 12.6. The number of carbonyl (C=O) groups excluding carboxylic acids is 1. The zero-order chi connectivity index (χ0) is 12.4. The number of halogens is 2. The quantitative estimate of drug-likeness (QED) is 0.532. The summed E-state index contributed by atoms with van der Waals surface area (Å²) in [5, 5.41) is -4.98. The summed E-state index contributed by atoms with van der Waals surface area (Å²) >= 11 is 0. The number of rotatable bonds is 4. The van der Waals surface area contributed by atoms with Gasteiger partial charge in [-0.3, -0.25) is 4.55 Å². The molecule has 1 atom stereocenters. The van der Waals surface area contributed by atoms with E-state index in [4.69, 9.17) is 9.29 Å². The average molecular weight is 262 g/mol. The van der Waals surface area contributed by atoms with Crippen molar-refractivity contribution in [3.63, 3.8) is 0 Å². The van der Waals surface area contributed by atoms with E-state index in [9.17, 15) is 22.0 Å². The maximum Gasteiger partial charge on any atom is 0.465 e. The molecule has 0 amide bonds. The summed E-state index contributed by atoms with van der Waals surface area (Å²) in [5.41, 5.74) is 0. The van der Waals surface area contributed by atoms with E-state index in [0.717, 1.165) is 0 Å². The Hall–Kier alpha value is -0.840. The van der Waals surface area contributed by atoms with Gasteiger partial charge in [-0.2, -0.15) is 17.2 Å². The fourth-order valence-corrected chi connectivity index (χ4v) is 1.10. The standard InChI is InChI=1S/C6H8F2O7S/c7-6(8,16(10,11)12)5(9)14-2-4-1-13-3-15-4/h4H,1-3H2,(H,10,11,12). The third kappa shape index (κ3) is 2.84. The predicted molar refractivity (Wildman–Crippen MR) is 43.1 cm³/mol. The normalized spacial score (nSPS) is 22.1. The largest absolute Gasteiger partial charge is 0.465 e. The van der Waals surface area contributed by atoms with Crippen LogP contribution in [-0.2, 0) is 29.1 Å². The van der Waals surface area contributed by atoms with Gasteiger partial charge in [0.25, 0.3) is 0 Å². The first-order valence-electron chi connectivity index (χ1n) is 3.96. The van der Waals surface area contributed by atoms with E-state index in [0.29, 0.717) is 0 Å². The second kappa shape index (κ2) is 4.57. The lowest BCUT2D eigenvalue weighted by Crippen LogP contribution is -2.40. The summed E-state index contributed by atoms with van der Waals surface area (Å²) in [6.45, 7) is -0.592. The molecule has 94 valence electrons. The van der Waals surface area contributed by atoms with Crippen molar-refractivity contribution in [2.75, 3.05) is 20.0 Å². The van der Waals surface area contributed by atoms with Gasteiger partial charge in [0, 0.05) is 0 Å². The molecule has 7 nitrogen and oxygen atoms in total. The fraction of sp³-hybridized carbons (Fsp3) is 0.833. The van der Waals surface area contributed by atoms with Crippen molar-refractivity contribution < 1.29 is 40.8 Å². The summed E-state index contributed by atoms with van der Waals surface area (Å²) in [5.74, 6) is -2.36. The summed E-state index contributed by atoms with van der Waals surface area (Å²) in [6.07, 6.45) is -0.721. The van der Waals surface area contributed by atoms with Gasteiger partial charge in [-0.25, -0.2) is 4.79 Å². The molecule has 16 heavy (non-hydrogen) atoms. The molecule has 1 aliphatic heterocycles. The van der Waals surface area contributed by atoms with E-state index in [1.165, 1.54) is 0 Å². The molecule has 10 heteroatoms. The van der Waals surface area contributed by atoms with Gasteiger partial charge < -0.3 is 14.2 Å². The molecule has 1 aliphatic rings. The number of hydrogen-bond donors (Lipinski definition) is 1. The van der Waals surface area contributed by atoms with Crippen LogP contribution >= 0.6 is 0 Å². The molecule has 0 spiro atoms. The number of esters is 1. The van der Waals surface area contributed by atoms with Crippen LogP contribution in [0.15, 0.2) is 0 Å². The highest BCUT2D eigenvalue weighted by atomic mass is 32.2. The zero-order valence-electron chi connectivity index (χ0n) is 7.76. The second-order valence-electron chi connectivity index (χ2n) is 2.87. The number of ether oxygens (including phenoxy) is 3. The van der Waals surface area contributed by atoms with Gasteiger partial charge in [0.2, 0.25) is 0 Å². The van der Waals surface area contributed by atoms with E-state index in [-0.39, 0.29) is 13.4 Å². The minimum Gasteiger partial charge on any atom is -0.457 e. The third-order valence-electron chi connectivity index (χ3n) is 1.65. The smallest absolute Gasteiger partial charge is 0.457 e. The Balaban J connectivity index is 2.51. The molecule has 0 aromatic carbocycles. The van der Waals surface area contributed by atoms with Crippen LogP contribution in [-0.4, -0.2) is 50.3 Å². The van der Waals surface area contributed by atoms with Crippen molar-refractivity contribution in [1.82, 2.24) is 0 Å². The van der Waals surface area contributed by atoms with Crippen LogP contribution in [0.5, 0.6) is 0 Å². The number of hydrogen-bond acceptors (Lipinski definition) is 6. The summed E-state index contributed by atoms with van der Waals surface area (Å²) < 4.78 is 67.0. The lowest BCUT2D eigenvalue weighted by Gasteiger charge is -2.13. The molecule has 0 aromatic heterocycles. The molecular weight excluding hydrogens is 254 g/mol. The van der Waals surface area contributed by atoms with Crippen LogP contribution in [0.25, 0.3) is 0 Å². The van der Waals surface area contributed by atoms with Gasteiger partial charge in [0.15, 0.2) is 0 Å². The molecular formula is C6H8F2O7S. The molecule has 1 unspecified atom stereocenters. The molecule has 0 aromatic rings. The second-order valence-corrected chi connectivity index (χ2v) is 4.33. The van der Waals surface area contributed by atoms with Crippen LogP contribution in [0.2, 0.25) is 0 Å².